The van der Waals surface area contributed by atoms with Crippen LogP contribution in [-0.2, 0) is 26.2 Å². The second-order valence-corrected chi connectivity index (χ2v) is 12.6. The lowest BCUT2D eigenvalue weighted by atomic mass is 10.1. The Kier molecular flexibility index (Phi) is 10.4. The highest BCUT2D eigenvalue weighted by atomic mass is 35.5. The number of aryl methyl sites for hydroxylation is 3. The first kappa shape index (κ1) is 31.2. The van der Waals surface area contributed by atoms with E-state index < -0.39 is 28.5 Å². The summed E-state index contributed by atoms with van der Waals surface area (Å²) in [6, 6.07) is 18.1. The first-order chi connectivity index (χ1) is 18.8. The molecule has 214 valence electrons. The number of rotatable bonds is 11. The van der Waals surface area contributed by atoms with Gasteiger partial charge in [0.2, 0.25) is 11.8 Å². The van der Waals surface area contributed by atoms with Crippen LogP contribution < -0.4 is 9.62 Å². The van der Waals surface area contributed by atoms with Crippen LogP contribution in [0.2, 0.25) is 5.02 Å². The lowest BCUT2D eigenvalue weighted by Gasteiger charge is -2.32. The number of sulfonamides is 1. The largest absolute Gasteiger partial charge is 0.352 e. The molecular formula is C31H38ClN3O4S. The van der Waals surface area contributed by atoms with E-state index in [2.05, 4.69) is 5.32 Å². The van der Waals surface area contributed by atoms with Gasteiger partial charge < -0.3 is 10.2 Å². The molecule has 0 unspecified atom stereocenters. The molecule has 2 atom stereocenters. The number of hydrogen-bond acceptors (Lipinski definition) is 4. The summed E-state index contributed by atoms with van der Waals surface area (Å²) in [5.74, 6) is -0.828. The highest BCUT2D eigenvalue weighted by Crippen LogP contribution is 2.27. The van der Waals surface area contributed by atoms with Gasteiger partial charge in [-0.05, 0) is 94.1 Å². The van der Waals surface area contributed by atoms with E-state index in [4.69, 9.17) is 11.6 Å². The molecule has 3 aromatic rings. The second kappa shape index (κ2) is 13.3. The number of carbonyl (C=O) groups is 2. The maximum absolute atomic E-state index is 14.0. The number of anilines is 1. The highest BCUT2D eigenvalue weighted by molar-refractivity contribution is 7.92. The molecule has 40 heavy (non-hydrogen) atoms. The molecule has 3 rings (SSSR count). The maximum Gasteiger partial charge on any atom is 0.264 e. The number of benzene rings is 3. The Labute approximate surface area is 243 Å². The minimum atomic E-state index is -4.12. The summed E-state index contributed by atoms with van der Waals surface area (Å²) in [4.78, 5) is 28.7. The number of carbonyl (C=O) groups excluding carboxylic acids is 2. The Morgan fingerprint density at radius 3 is 2.10 bits per heavy atom. The van der Waals surface area contributed by atoms with Gasteiger partial charge in [0, 0.05) is 17.6 Å². The van der Waals surface area contributed by atoms with Crippen LogP contribution in [-0.4, -0.2) is 43.8 Å². The molecular weight excluding hydrogens is 546 g/mol. The number of hydrogen-bond donors (Lipinski definition) is 1. The van der Waals surface area contributed by atoms with Crippen LogP contribution in [0.25, 0.3) is 0 Å². The molecule has 0 spiro atoms. The van der Waals surface area contributed by atoms with Gasteiger partial charge in [0.15, 0.2) is 0 Å². The summed E-state index contributed by atoms with van der Waals surface area (Å²) < 4.78 is 29.1. The van der Waals surface area contributed by atoms with Crippen molar-refractivity contribution in [2.75, 3.05) is 10.8 Å². The zero-order valence-corrected chi connectivity index (χ0v) is 25.5. The topological polar surface area (TPSA) is 86.8 Å². The molecule has 9 heteroatoms. The predicted molar refractivity (Wildman–Crippen MR) is 161 cm³/mol. The van der Waals surface area contributed by atoms with Crippen molar-refractivity contribution in [2.45, 2.75) is 71.5 Å². The van der Waals surface area contributed by atoms with E-state index >= 15 is 0 Å². The summed E-state index contributed by atoms with van der Waals surface area (Å²) in [7, 11) is -4.12. The van der Waals surface area contributed by atoms with E-state index in [1.54, 1.807) is 49.4 Å². The zero-order valence-electron chi connectivity index (χ0n) is 23.9. The zero-order chi connectivity index (χ0) is 29.6. The molecule has 0 aliphatic carbocycles. The molecule has 1 N–H and O–H groups in total. The van der Waals surface area contributed by atoms with Crippen LogP contribution in [0, 0.1) is 20.8 Å². The van der Waals surface area contributed by atoms with E-state index in [9.17, 15) is 18.0 Å². The summed E-state index contributed by atoms with van der Waals surface area (Å²) >= 11 is 6.20. The number of halogens is 1. The molecule has 2 amide bonds. The van der Waals surface area contributed by atoms with Gasteiger partial charge in [-0.15, -0.1) is 0 Å². The molecule has 3 aromatic carbocycles. The van der Waals surface area contributed by atoms with Crippen molar-refractivity contribution < 1.29 is 18.0 Å². The van der Waals surface area contributed by atoms with Gasteiger partial charge in [0.1, 0.15) is 12.6 Å². The normalized spacial score (nSPS) is 12.9. The Bertz CT molecular complexity index is 1440. The quantitative estimate of drug-likeness (QED) is 0.309. The van der Waals surface area contributed by atoms with Gasteiger partial charge >= 0.3 is 0 Å². The van der Waals surface area contributed by atoms with Gasteiger partial charge in [-0.2, -0.15) is 0 Å². The average Bonchev–Trinajstić information content (AvgIpc) is 2.89. The van der Waals surface area contributed by atoms with Gasteiger partial charge in [-0.3, -0.25) is 13.9 Å². The van der Waals surface area contributed by atoms with Gasteiger partial charge in [0.25, 0.3) is 10.0 Å². The summed E-state index contributed by atoms with van der Waals surface area (Å²) in [6.07, 6.45) is 0.732. The monoisotopic (exact) mass is 583 g/mol. The van der Waals surface area contributed by atoms with Crippen LogP contribution in [0.5, 0.6) is 0 Å². The summed E-state index contributed by atoms with van der Waals surface area (Å²) in [6.45, 7) is 10.7. The van der Waals surface area contributed by atoms with E-state index in [1.807, 2.05) is 46.8 Å². The number of nitrogens with one attached hydrogen (secondary N) is 1. The van der Waals surface area contributed by atoms with Crippen LogP contribution in [0.4, 0.5) is 5.69 Å². The molecule has 0 saturated heterocycles. The third-order valence-electron chi connectivity index (χ3n) is 6.79. The third kappa shape index (κ3) is 7.86. The average molecular weight is 584 g/mol. The molecule has 0 bridgehead atoms. The smallest absolute Gasteiger partial charge is 0.264 e. The molecule has 0 fully saturated rings. The van der Waals surface area contributed by atoms with Crippen molar-refractivity contribution in [1.29, 1.82) is 0 Å². The molecule has 7 nitrogen and oxygen atoms in total. The first-order valence-corrected chi connectivity index (χ1v) is 15.2. The minimum absolute atomic E-state index is 0.0771. The van der Waals surface area contributed by atoms with Gasteiger partial charge in [0.05, 0.1) is 10.6 Å². The molecule has 0 radical (unpaired) electrons. The molecule has 0 aliphatic heterocycles. The highest BCUT2D eigenvalue weighted by Gasteiger charge is 2.33. The van der Waals surface area contributed by atoms with E-state index in [0.717, 1.165) is 33.0 Å². The van der Waals surface area contributed by atoms with E-state index in [1.165, 1.54) is 17.0 Å². The SMILES string of the molecule is CC[C@H](C)NC(=O)[C@@H](C)N(Cc1cccc(Cl)c1)C(=O)CN(c1cc(C)cc(C)c1)S(=O)(=O)c1ccc(C)cc1. The van der Waals surface area contributed by atoms with Crippen LogP contribution in [0.15, 0.2) is 71.6 Å². The minimum Gasteiger partial charge on any atom is -0.352 e. The Morgan fingerprint density at radius 1 is 0.900 bits per heavy atom. The maximum atomic E-state index is 14.0. The Morgan fingerprint density at radius 2 is 1.52 bits per heavy atom. The van der Waals surface area contributed by atoms with Crippen LogP contribution >= 0.6 is 11.6 Å². The van der Waals surface area contributed by atoms with E-state index in [-0.39, 0.29) is 23.4 Å². The molecule has 0 saturated carbocycles. The van der Waals surface area contributed by atoms with Crippen molar-refractivity contribution in [2.24, 2.45) is 0 Å². The third-order valence-corrected chi connectivity index (χ3v) is 8.82. The summed E-state index contributed by atoms with van der Waals surface area (Å²) in [5.41, 5.74) is 3.75. The predicted octanol–water partition coefficient (Wildman–Crippen LogP) is 5.79. The molecule has 0 heterocycles. The second-order valence-electron chi connectivity index (χ2n) is 10.3. The van der Waals surface area contributed by atoms with E-state index in [0.29, 0.717) is 10.7 Å². The van der Waals surface area contributed by atoms with Gasteiger partial charge in [-0.25, -0.2) is 8.42 Å². The first-order valence-electron chi connectivity index (χ1n) is 13.3. The number of amides is 2. The van der Waals surface area contributed by atoms with Crippen molar-refractivity contribution >= 4 is 39.1 Å². The van der Waals surface area contributed by atoms with Crippen LogP contribution in [0.1, 0.15) is 49.4 Å². The van der Waals surface area contributed by atoms with Crippen molar-refractivity contribution in [3.63, 3.8) is 0 Å². The van der Waals surface area contributed by atoms with Crippen molar-refractivity contribution in [1.82, 2.24) is 10.2 Å². The fourth-order valence-electron chi connectivity index (χ4n) is 4.34. The Balaban J connectivity index is 2.06. The fraction of sp³-hybridized carbons (Fsp3) is 0.355. The van der Waals surface area contributed by atoms with Crippen LogP contribution in [0.3, 0.4) is 0 Å². The molecule has 0 aromatic heterocycles. The lowest BCUT2D eigenvalue weighted by Crippen LogP contribution is -2.52. The van der Waals surface area contributed by atoms with Crippen molar-refractivity contribution in [3.8, 4) is 0 Å². The fourth-order valence-corrected chi connectivity index (χ4v) is 5.95. The number of nitrogens with zero attached hydrogens (tertiary/aromatic N) is 2. The van der Waals surface area contributed by atoms with Crippen molar-refractivity contribution in [3.05, 3.63) is 94.0 Å². The summed E-state index contributed by atoms with van der Waals surface area (Å²) in [5, 5.41) is 3.43. The lowest BCUT2D eigenvalue weighted by molar-refractivity contribution is -0.139. The molecule has 0 aliphatic rings. The standard InChI is InChI=1S/C31H38ClN3O4S/c1-7-24(5)33-31(37)25(6)34(19-26-9-8-10-27(32)18-26)30(36)20-35(28-16-22(3)15-23(4)17-28)40(38,39)29-13-11-21(2)12-14-29/h8-18,24-25H,7,19-20H2,1-6H3,(H,33,37)/t24-,25+/m0/s1. The Hall–Kier alpha value is -3.36. The van der Waals surface area contributed by atoms with Gasteiger partial charge in [-0.1, -0.05) is 54.4 Å².